The molecule has 28 heavy (non-hydrogen) atoms. The summed E-state index contributed by atoms with van der Waals surface area (Å²) in [5, 5.41) is 0. The zero-order valence-corrected chi connectivity index (χ0v) is 24.5. The van der Waals surface area contributed by atoms with E-state index < -0.39 is 25.3 Å². The first kappa shape index (κ1) is 31.6. The Morgan fingerprint density at radius 3 is 1.86 bits per heavy atom. The monoisotopic (exact) mass is 487 g/mol. The molecule has 0 radical (unpaired) electrons. The number of hydrogen-bond acceptors (Lipinski definition) is 1. The first-order valence-corrected chi connectivity index (χ1v) is 17.5. The van der Waals surface area contributed by atoms with Gasteiger partial charge in [0.05, 0.1) is 5.60 Å². The molecule has 1 rings (SSSR count). The minimum absolute atomic E-state index is 0. The Morgan fingerprint density at radius 1 is 1.00 bits per heavy atom. The van der Waals surface area contributed by atoms with Crippen molar-refractivity contribution in [1.82, 2.24) is 0 Å². The number of nitrogens with zero attached hydrogens (tertiary/aromatic N) is 1. The van der Waals surface area contributed by atoms with Gasteiger partial charge >= 0.3 is 35.6 Å². The van der Waals surface area contributed by atoms with Crippen molar-refractivity contribution in [1.29, 1.82) is 0 Å². The molecule has 0 spiro atoms. The van der Waals surface area contributed by atoms with Gasteiger partial charge in [0.1, 0.15) is 0 Å². The topological polar surface area (TPSA) is 23.3 Å². The van der Waals surface area contributed by atoms with Gasteiger partial charge in [-0.25, -0.2) is 0 Å². The average Bonchev–Trinajstić information content (AvgIpc) is 2.73. The fraction of sp³-hybridized carbons (Fsp3) is 0.955. The van der Waals surface area contributed by atoms with Gasteiger partial charge in [-0.3, -0.25) is 0 Å². The molecule has 5 atom stereocenters. The molecule has 2 nitrogen and oxygen atoms in total. The zero-order chi connectivity index (χ0) is 21.5. The van der Waals surface area contributed by atoms with Crippen LogP contribution in [0, 0.1) is 25.2 Å². The standard InChI is InChI=1S/C21H44NOSi.CH3.2ClH.Ti/c1-16-15-19(18(3)17(16)2)24(10,22-20(4,5)6)14-12-11-13-23-21(7,8)9;;;;/h16-19H,11-15H2,1-10H3;1H3;2*1H;/q2*-1;;;+2/p-2. The summed E-state index contributed by atoms with van der Waals surface area (Å²) < 4.78 is 5.91. The molecule has 0 saturated heterocycles. The van der Waals surface area contributed by atoms with Crippen LogP contribution in [0.2, 0.25) is 18.1 Å². The molecule has 170 valence electrons. The van der Waals surface area contributed by atoms with Crippen molar-refractivity contribution in [3.63, 3.8) is 0 Å². The summed E-state index contributed by atoms with van der Waals surface area (Å²) in [5.41, 5.74) is 0.934. The summed E-state index contributed by atoms with van der Waals surface area (Å²) in [5.74, 6) is 2.53. The second-order valence-electron chi connectivity index (χ2n) is 10.7. The number of ether oxygens (including phenoxy) is 1. The van der Waals surface area contributed by atoms with Gasteiger partial charge in [-0.15, -0.1) is 5.54 Å². The molecule has 0 bridgehead atoms. The Labute approximate surface area is 195 Å². The fourth-order valence-electron chi connectivity index (χ4n) is 4.59. The van der Waals surface area contributed by atoms with Crippen LogP contribution in [0.4, 0.5) is 0 Å². The third-order valence-electron chi connectivity index (χ3n) is 5.99. The average molecular weight is 488 g/mol. The maximum absolute atomic E-state index is 5.91. The van der Waals surface area contributed by atoms with Crippen LogP contribution in [0.15, 0.2) is 0 Å². The Kier molecular flexibility index (Phi) is 15.5. The predicted octanol–water partition coefficient (Wildman–Crippen LogP) is 8.84. The van der Waals surface area contributed by atoms with Gasteiger partial charge in [-0.2, -0.15) is 0 Å². The summed E-state index contributed by atoms with van der Waals surface area (Å²) in [6.45, 7) is 24.1. The van der Waals surface area contributed by atoms with E-state index >= 15 is 0 Å². The van der Waals surface area contributed by atoms with E-state index in [0.717, 1.165) is 29.9 Å². The first-order valence-electron chi connectivity index (χ1n) is 10.5. The Hall–Kier alpha value is 1.43. The van der Waals surface area contributed by atoms with Crippen LogP contribution in [-0.4, -0.2) is 26.0 Å². The van der Waals surface area contributed by atoms with Gasteiger partial charge in [0.25, 0.3) is 0 Å². The zero-order valence-electron chi connectivity index (χ0n) is 20.5. The Morgan fingerprint density at radius 2 is 1.50 bits per heavy atom. The van der Waals surface area contributed by atoms with Crippen molar-refractivity contribution in [2.75, 3.05) is 6.61 Å². The second-order valence-corrected chi connectivity index (χ2v) is 17.4. The molecule has 0 amide bonds. The van der Waals surface area contributed by atoms with Crippen LogP contribution in [0.25, 0.3) is 4.98 Å². The van der Waals surface area contributed by atoms with E-state index in [1.807, 2.05) is 0 Å². The molecule has 1 aliphatic rings. The molecule has 1 fully saturated rings. The van der Waals surface area contributed by atoms with Crippen molar-refractivity contribution in [2.24, 2.45) is 17.8 Å². The maximum atomic E-state index is 5.91. The van der Waals surface area contributed by atoms with Gasteiger partial charge in [0, 0.05) is 6.61 Å². The molecule has 0 heterocycles. The summed E-state index contributed by atoms with van der Waals surface area (Å²) in [7, 11) is 8.15. The van der Waals surface area contributed by atoms with Gasteiger partial charge in [-0.1, -0.05) is 80.8 Å². The summed E-state index contributed by atoms with van der Waals surface area (Å²) in [4.78, 5) is 5.49. The number of halogens is 2. The molecular weight excluding hydrogens is 441 g/mol. The van der Waals surface area contributed by atoms with Crippen molar-refractivity contribution < 1.29 is 21.8 Å². The molecule has 5 unspecified atom stereocenters. The molecule has 1 saturated carbocycles. The van der Waals surface area contributed by atoms with Crippen LogP contribution in [0.3, 0.4) is 0 Å². The van der Waals surface area contributed by atoms with E-state index in [2.05, 4.69) is 68.9 Å². The van der Waals surface area contributed by atoms with Gasteiger partial charge in [0.2, 0.25) is 0 Å². The summed E-state index contributed by atoms with van der Waals surface area (Å²) >= 11 is -0.556. The summed E-state index contributed by atoms with van der Waals surface area (Å²) in [6.07, 6.45) is 3.83. The van der Waals surface area contributed by atoms with E-state index in [1.54, 1.807) is 0 Å². The van der Waals surface area contributed by atoms with Crippen molar-refractivity contribution in [3.8, 4) is 0 Å². The van der Waals surface area contributed by atoms with Crippen molar-refractivity contribution in [2.45, 2.75) is 111 Å². The Balaban J connectivity index is 0. The summed E-state index contributed by atoms with van der Waals surface area (Å²) in [6, 6.07) is 1.33. The van der Waals surface area contributed by atoms with Crippen molar-refractivity contribution in [3.05, 3.63) is 12.4 Å². The van der Waals surface area contributed by atoms with E-state index in [4.69, 9.17) is 28.3 Å². The molecular formula is C22H47Cl2NOSiTi-2. The molecule has 0 aliphatic heterocycles. The SMILES string of the molecule is CC1CC([Si](C)(CCCCOC(C)(C)C)[N-]C(C)(C)C)C(C)C1C.[CH3-].[Cl][Ti][Cl]. The molecule has 6 heteroatoms. The van der Waals surface area contributed by atoms with Gasteiger partial charge in [-0.05, 0) is 44.9 Å². The first-order chi connectivity index (χ1) is 12.2. The van der Waals surface area contributed by atoms with Crippen molar-refractivity contribution >= 4 is 26.8 Å². The van der Waals surface area contributed by atoms with Gasteiger partial charge in [0.15, 0.2) is 0 Å². The van der Waals surface area contributed by atoms with E-state index in [9.17, 15) is 0 Å². The Bertz CT molecular complexity index is 414. The van der Waals surface area contributed by atoms with Crippen LogP contribution in [-0.2, 0) is 21.8 Å². The van der Waals surface area contributed by atoms with E-state index in [-0.39, 0.29) is 18.6 Å². The van der Waals surface area contributed by atoms with Crippen LogP contribution in [0.5, 0.6) is 0 Å². The van der Waals surface area contributed by atoms with E-state index in [1.165, 1.54) is 25.3 Å². The fourth-order valence-corrected chi connectivity index (χ4v) is 10.1. The number of hydrogen-bond donors (Lipinski definition) is 0. The van der Waals surface area contributed by atoms with Crippen LogP contribution >= 0.6 is 18.6 Å². The predicted molar refractivity (Wildman–Crippen MR) is 128 cm³/mol. The van der Waals surface area contributed by atoms with Crippen LogP contribution < -0.4 is 0 Å². The molecule has 0 aromatic heterocycles. The molecule has 1 aliphatic carbocycles. The quantitative estimate of drug-likeness (QED) is 0.199. The molecule has 0 aromatic carbocycles. The molecule has 0 aromatic rings. The second kappa shape index (κ2) is 13.8. The minimum atomic E-state index is -1.62. The third kappa shape index (κ3) is 12.3. The third-order valence-corrected chi connectivity index (χ3v) is 10.9. The number of rotatable bonds is 7. The number of unbranched alkanes of at least 4 members (excludes halogenated alkanes) is 1. The molecule has 0 N–H and O–H groups in total. The normalized spacial score (nSPS) is 27.3. The van der Waals surface area contributed by atoms with E-state index in [0.29, 0.717) is 0 Å². The van der Waals surface area contributed by atoms with Gasteiger partial charge < -0.3 is 17.1 Å². The van der Waals surface area contributed by atoms with Crippen LogP contribution in [0.1, 0.15) is 81.6 Å².